The molecule has 0 aliphatic heterocycles. The van der Waals surface area contributed by atoms with Gasteiger partial charge in [-0.25, -0.2) is 0 Å². The van der Waals surface area contributed by atoms with Crippen LogP contribution in [0.1, 0.15) is 73.6 Å². The molecular formula is C22H38O2Si. The van der Waals surface area contributed by atoms with Crippen LogP contribution in [-0.4, -0.2) is 25.6 Å². The summed E-state index contributed by atoms with van der Waals surface area (Å²) in [4.78, 5) is 0. The molecule has 0 fully saturated rings. The van der Waals surface area contributed by atoms with Crippen molar-refractivity contribution in [1.29, 1.82) is 0 Å². The van der Waals surface area contributed by atoms with Gasteiger partial charge in [-0.1, -0.05) is 71.8 Å². The van der Waals surface area contributed by atoms with Crippen LogP contribution >= 0.6 is 0 Å². The molecule has 1 N–H and O–H groups in total. The maximum Gasteiger partial charge on any atom is 0.201 e. The van der Waals surface area contributed by atoms with Crippen molar-refractivity contribution in [2.75, 3.05) is 0 Å². The van der Waals surface area contributed by atoms with Crippen molar-refractivity contribution in [1.82, 2.24) is 0 Å². The Hall–Kier alpha value is -0.823. The van der Waals surface area contributed by atoms with Gasteiger partial charge in [0.1, 0.15) is 6.10 Å². The molecule has 1 rings (SSSR count). The van der Waals surface area contributed by atoms with E-state index >= 15 is 0 Å². The third-order valence-electron chi connectivity index (χ3n) is 5.38. The summed E-state index contributed by atoms with van der Waals surface area (Å²) < 4.78 is 6.95. The predicted octanol–water partition coefficient (Wildman–Crippen LogP) is 5.99. The standard InChI is InChI=1S/C22H38O2Si/c1-17(2)25(18(3)4,19(5)6)24-22-13-11-9-8-10-12-21(23)16-20(7)14-15-22/h11,13,17-19,21-23H,7-9,14-16H2,1-6H3/b13-11+/t21-,22+/m1/s1. The molecule has 0 spiro atoms. The molecule has 0 radical (unpaired) electrons. The Morgan fingerprint density at radius 2 is 1.76 bits per heavy atom. The third-order valence-corrected chi connectivity index (χ3v) is 11.5. The van der Waals surface area contributed by atoms with Crippen LogP contribution in [0.3, 0.4) is 0 Å². The lowest BCUT2D eigenvalue weighted by atomic mass is 10.0. The molecule has 0 unspecified atom stereocenters. The molecule has 0 bridgehead atoms. The highest BCUT2D eigenvalue weighted by Gasteiger charge is 2.46. The number of hydrogen-bond donors (Lipinski definition) is 1. The van der Waals surface area contributed by atoms with Crippen molar-refractivity contribution < 1.29 is 9.53 Å². The first kappa shape index (κ1) is 22.2. The van der Waals surface area contributed by atoms with Crippen molar-refractivity contribution in [3.05, 3.63) is 24.3 Å². The summed E-state index contributed by atoms with van der Waals surface area (Å²) in [7, 11) is -1.90. The lowest BCUT2D eigenvalue weighted by Crippen LogP contribution is -2.50. The quantitative estimate of drug-likeness (QED) is 0.370. The Kier molecular flexibility index (Phi) is 9.20. The SMILES string of the molecule is C=C1CC[C@@H](O[Si](C(C)C)(C(C)C)C(C)C)/C=C/CCC#C[C@@H](O)C1. The Morgan fingerprint density at radius 3 is 2.32 bits per heavy atom. The first-order valence-electron chi connectivity index (χ1n) is 9.87. The first-order chi connectivity index (χ1) is 11.7. The average molecular weight is 363 g/mol. The number of rotatable bonds is 5. The van der Waals surface area contributed by atoms with E-state index in [0.29, 0.717) is 23.0 Å². The zero-order chi connectivity index (χ0) is 19.0. The zero-order valence-corrected chi connectivity index (χ0v) is 18.1. The average Bonchev–Trinajstić information content (AvgIpc) is 2.50. The predicted molar refractivity (Wildman–Crippen MR) is 111 cm³/mol. The van der Waals surface area contributed by atoms with E-state index in [9.17, 15) is 5.11 Å². The minimum Gasteiger partial charge on any atom is -0.410 e. The van der Waals surface area contributed by atoms with Crippen molar-refractivity contribution in [2.24, 2.45) is 0 Å². The minimum atomic E-state index is -1.90. The first-order valence-corrected chi connectivity index (χ1v) is 12.0. The summed E-state index contributed by atoms with van der Waals surface area (Å²) in [6.45, 7) is 18.1. The van der Waals surface area contributed by atoms with Gasteiger partial charge >= 0.3 is 0 Å². The largest absolute Gasteiger partial charge is 0.410 e. The minimum absolute atomic E-state index is 0.139. The maximum atomic E-state index is 9.96. The molecule has 3 heteroatoms. The lowest BCUT2D eigenvalue weighted by molar-refractivity contribution is 0.202. The molecule has 0 saturated carbocycles. The summed E-state index contributed by atoms with van der Waals surface area (Å²) >= 11 is 0. The van der Waals surface area contributed by atoms with Crippen LogP contribution in [0, 0.1) is 11.8 Å². The Bertz CT molecular complexity index is 486. The fourth-order valence-corrected chi connectivity index (χ4v) is 9.77. The van der Waals surface area contributed by atoms with Gasteiger partial charge < -0.3 is 9.53 Å². The summed E-state index contributed by atoms with van der Waals surface area (Å²) in [6, 6.07) is 0. The summed E-state index contributed by atoms with van der Waals surface area (Å²) in [5.74, 6) is 5.98. The highest BCUT2D eigenvalue weighted by atomic mass is 28.4. The molecule has 142 valence electrons. The van der Waals surface area contributed by atoms with Gasteiger partial charge in [0.05, 0.1) is 6.10 Å². The Morgan fingerprint density at radius 1 is 1.16 bits per heavy atom. The van der Waals surface area contributed by atoms with E-state index in [1.54, 1.807) is 0 Å². The van der Waals surface area contributed by atoms with Crippen LogP contribution in [0.4, 0.5) is 0 Å². The monoisotopic (exact) mass is 362 g/mol. The molecule has 0 amide bonds. The van der Waals surface area contributed by atoms with E-state index in [2.05, 4.69) is 72.1 Å². The van der Waals surface area contributed by atoms with Gasteiger partial charge in [0, 0.05) is 12.8 Å². The maximum absolute atomic E-state index is 9.96. The highest BCUT2D eigenvalue weighted by Crippen LogP contribution is 2.43. The van der Waals surface area contributed by atoms with Crippen LogP contribution in [-0.2, 0) is 4.43 Å². The fourth-order valence-electron chi connectivity index (χ4n) is 4.23. The molecule has 0 aromatic carbocycles. The summed E-state index contributed by atoms with van der Waals surface area (Å²) in [5, 5.41) is 9.96. The van der Waals surface area contributed by atoms with Gasteiger partial charge in [0.2, 0.25) is 8.32 Å². The van der Waals surface area contributed by atoms with E-state index in [-0.39, 0.29) is 6.10 Å². The fraction of sp³-hybridized carbons (Fsp3) is 0.727. The van der Waals surface area contributed by atoms with Crippen molar-refractivity contribution >= 4 is 8.32 Å². The molecule has 1 aliphatic carbocycles. The van der Waals surface area contributed by atoms with E-state index in [1.807, 2.05) is 0 Å². The van der Waals surface area contributed by atoms with Gasteiger partial charge in [0.25, 0.3) is 0 Å². The smallest absolute Gasteiger partial charge is 0.201 e. The molecular weight excluding hydrogens is 324 g/mol. The highest BCUT2D eigenvalue weighted by molar-refractivity contribution is 6.77. The van der Waals surface area contributed by atoms with Crippen LogP contribution in [0.2, 0.25) is 16.6 Å². The summed E-state index contributed by atoms with van der Waals surface area (Å²) in [6.07, 6.45) is 8.12. The molecule has 2 nitrogen and oxygen atoms in total. The van der Waals surface area contributed by atoms with Gasteiger partial charge in [0.15, 0.2) is 0 Å². The van der Waals surface area contributed by atoms with Crippen molar-refractivity contribution in [3.8, 4) is 11.8 Å². The molecule has 0 saturated heterocycles. The third kappa shape index (κ3) is 6.44. The van der Waals surface area contributed by atoms with E-state index in [0.717, 1.165) is 31.3 Å². The number of hydrogen-bond acceptors (Lipinski definition) is 2. The van der Waals surface area contributed by atoms with E-state index in [4.69, 9.17) is 4.43 Å². The number of aliphatic hydroxyl groups is 1. The van der Waals surface area contributed by atoms with Gasteiger partial charge in [-0.3, -0.25) is 0 Å². The molecule has 25 heavy (non-hydrogen) atoms. The van der Waals surface area contributed by atoms with Crippen LogP contribution in [0.25, 0.3) is 0 Å². The Balaban J connectivity index is 3.00. The van der Waals surface area contributed by atoms with Crippen molar-refractivity contribution in [2.45, 2.75) is 102 Å². The second kappa shape index (κ2) is 10.4. The van der Waals surface area contributed by atoms with Gasteiger partial charge in [-0.05, 0) is 35.9 Å². The lowest BCUT2D eigenvalue weighted by Gasteiger charge is -2.44. The van der Waals surface area contributed by atoms with Crippen LogP contribution in [0.5, 0.6) is 0 Å². The zero-order valence-electron chi connectivity index (χ0n) is 17.1. The Labute approximate surface area is 156 Å². The van der Waals surface area contributed by atoms with Gasteiger partial charge in [-0.15, -0.1) is 5.92 Å². The van der Waals surface area contributed by atoms with Crippen molar-refractivity contribution in [3.63, 3.8) is 0 Å². The van der Waals surface area contributed by atoms with E-state index in [1.165, 1.54) is 0 Å². The molecule has 1 aliphatic rings. The van der Waals surface area contributed by atoms with Crippen LogP contribution in [0.15, 0.2) is 24.3 Å². The number of allylic oxidation sites excluding steroid dienone is 1. The molecule has 0 aromatic rings. The molecule has 2 atom stereocenters. The van der Waals surface area contributed by atoms with E-state index < -0.39 is 14.4 Å². The molecule has 0 aromatic heterocycles. The number of aliphatic hydroxyl groups excluding tert-OH is 1. The van der Waals surface area contributed by atoms with Gasteiger partial charge in [-0.2, -0.15) is 0 Å². The van der Waals surface area contributed by atoms with Crippen LogP contribution < -0.4 is 0 Å². The topological polar surface area (TPSA) is 29.5 Å². The summed E-state index contributed by atoms with van der Waals surface area (Å²) in [5.41, 5.74) is 2.81. The second-order valence-corrected chi connectivity index (χ2v) is 13.7. The second-order valence-electron chi connectivity index (χ2n) is 8.27. The normalized spacial score (nSPS) is 24.6. The molecule has 0 heterocycles.